The van der Waals surface area contributed by atoms with Crippen molar-refractivity contribution >= 4 is 28.9 Å². The Morgan fingerprint density at radius 3 is 2.45 bits per heavy atom. The number of carbonyl (C=O) groups is 2. The largest absolute Gasteiger partial charge is 0.486 e. The van der Waals surface area contributed by atoms with Gasteiger partial charge < -0.3 is 14.8 Å². The number of ether oxygens (including phenoxy) is 2. The molecule has 3 aromatic rings. The summed E-state index contributed by atoms with van der Waals surface area (Å²) in [6, 6.07) is 14.6. The fraction of sp³-hybridized carbons (Fsp3) is 0.292. The third kappa shape index (κ3) is 5.70. The molecule has 31 heavy (non-hydrogen) atoms. The molecule has 0 saturated heterocycles. The molecule has 0 spiro atoms. The highest BCUT2D eigenvalue weighted by molar-refractivity contribution is 7.13. The average Bonchev–Trinajstić information content (AvgIpc) is 3.12. The first-order valence-corrected chi connectivity index (χ1v) is 10.7. The Hall–Kier alpha value is -3.19. The van der Waals surface area contributed by atoms with E-state index < -0.39 is 5.97 Å². The van der Waals surface area contributed by atoms with Crippen LogP contribution in [0.5, 0.6) is 5.75 Å². The van der Waals surface area contributed by atoms with E-state index in [0.29, 0.717) is 26.8 Å². The molecule has 0 aliphatic carbocycles. The van der Waals surface area contributed by atoms with Gasteiger partial charge in [0.05, 0.1) is 18.4 Å². The van der Waals surface area contributed by atoms with E-state index in [9.17, 15) is 9.59 Å². The van der Waals surface area contributed by atoms with Crippen molar-refractivity contribution in [2.24, 2.45) is 0 Å². The fourth-order valence-electron chi connectivity index (χ4n) is 2.95. The molecule has 0 aliphatic heterocycles. The van der Waals surface area contributed by atoms with Crippen molar-refractivity contribution < 1.29 is 19.1 Å². The monoisotopic (exact) mass is 438 g/mol. The van der Waals surface area contributed by atoms with Gasteiger partial charge in [0.2, 0.25) is 0 Å². The predicted molar refractivity (Wildman–Crippen MR) is 122 cm³/mol. The normalized spacial score (nSPS) is 11.1. The number of amides is 1. The van der Waals surface area contributed by atoms with E-state index in [1.54, 1.807) is 31.2 Å². The van der Waals surface area contributed by atoms with Gasteiger partial charge in [-0.3, -0.25) is 4.79 Å². The van der Waals surface area contributed by atoms with Crippen molar-refractivity contribution in [3.8, 4) is 5.75 Å². The summed E-state index contributed by atoms with van der Waals surface area (Å²) in [5, 5.41) is 3.52. The average molecular weight is 439 g/mol. The van der Waals surface area contributed by atoms with E-state index in [0.717, 1.165) is 5.75 Å². The minimum Gasteiger partial charge on any atom is -0.486 e. The predicted octanol–water partition coefficient (Wildman–Crippen LogP) is 5.37. The number of hydrogen-bond acceptors (Lipinski definition) is 6. The summed E-state index contributed by atoms with van der Waals surface area (Å²) >= 11 is 1.29. The molecule has 0 radical (unpaired) electrons. The number of rotatable bonds is 6. The molecular weight excluding hydrogens is 412 g/mol. The molecule has 162 valence electrons. The van der Waals surface area contributed by atoms with E-state index in [2.05, 4.69) is 43.2 Å². The number of aromatic nitrogens is 1. The van der Waals surface area contributed by atoms with E-state index in [4.69, 9.17) is 9.47 Å². The van der Waals surface area contributed by atoms with Gasteiger partial charge in [-0.1, -0.05) is 39.0 Å². The topological polar surface area (TPSA) is 77.5 Å². The summed E-state index contributed by atoms with van der Waals surface area (Å²) in [5.41, 5.74) is 2.84. The molecule has 0 fully saturated rings. The quantitative estimate of drug-likeness (QED) is 0.524. The minimum atomic E-state index is -0.458. The van der Waals surface area contributed by atoms with Crippen molar-refractivity contribution in [3.05, 3.63) is 75.2 Å². The number of benzene rings is 2. The lowest BCUT2D eigenvalue weighted by Gasteiger charge is -2.19. The number of esters is 1. The molecule has 2 aromatic carbocycles. The Bertz CT molecular complexity index is 1080. The van der Waals surface area contributed by atoms with Gasteiger partial charge in [-0.05, 0) is 48.2 Å². The second-order valence-electron chi connectivity index (χ2n) is 8.11. The summed E-state index contributed by atoms with van der Waals surface area (Å²) in [7, 11) is 1.32. The number of aryl methyl sites for hydroxylation is 1. The van der Waals surface area contributed by atoms with Gasteiger partial charge in [-0.2, -0.15) is 0 Å². The van der Waals surface area contributed by atoms with Gasteiger partial charge >= 0.3 is 5.97 Å². The van der Waals surface area contributed by atoms with Crippen LogP contribution in [-0.4, -0.2) is 24.0 Å². The molecule has 1 amide bonds. The number of nitrogens with one attached hydrogen (secondary N) is 1. The number of anilines is 1. The number of thiazole rings is 1. The van der Waals surface area contributed by atoms with Gasteiger partial charge in [0, 0.05) is 5.69 Å². The number of methoxy groups -OCH3 is 1. The van der Waals surface area contributed by atoms with E-state index in [1.807, 2.05) is 12.1 Å². The summed E-state index contributed by atoms with van der Waals surface area (Å²) < 4.78 is 10.6. The Labute approximate surface area is 186 Å². The highest BCUT2D eigenvalue weighted by Crippen LogP contribution is 2.26. The zero-order chi connectivity index (χ0) is 22.6. The smallest absolute Gasteiger partial charge is 0.337 e. The van der Waals surface area contributed by atoms with Gasteiger partial charge in [0.1, 0.15) is 22.2 Å². The van der Waals surface area contributed by atoms with E-state index >= 15 is 0 Å². The second-order valence-corrected chi connectivity index (χ2v) is 9.20. The first-order valence-electron chi connectivity index (χ1n) is 9.87. The second kappa shape index (κ2) is 9.31. The SMILES string of the molecule is COC(=O)c1cccc(NC(=O)c2sc(COc3ccc(C(C)(C)C)cc3)nc2C)c1. The first kappa shape index (κ1) is 22.5. The third-order valence-corrected chi connectivity index (χ3v) is 5.80. The minimum absolute atomic E-state index is 0.0869. The number of carbonyl (C=O) groups excluding carboxylic acids is 2. The van der Waals surface area contributed by atoms with Crippen molar-refractivity contribution in [1.82, 2.24) is 4.98 Å². The molecule has 7 heteroatoms. The molecule has 1 N–H and O–H groups in total. The Morgan fingerprint density at radius 2 is 1.81 bits per heavy atom. The third-order valence-electron chi connectivity index (χ3n) is 4.67. The van der Waals surface area contributed by atoms with Crippen LogP contribution in [-0.2, 0) is 16.8 Å². The summed E-state index contributed by atoms with van der Waals surface area (Å²) in [4.78, 5) is 29.4. The molecule has 0 unspecified atom stereocenters. The molecular formula is C24H26N2O4S. The van der Waals surface area contributed by atoms with Crippen LogP contribution >= 0.6 is 11.3 Å². The Morgan fingerprint density at radius 1 is 1.10 bits per heavy atom. The Kier molecular flexibility index (Phi) is 6.75. The molecule has 0 bridgehead atoms. The molecule has 1 aromatic heterocycles. The maximum absolute atomic E-state index is 12.7. The zero-order valence-corrected chi connectivity index (χ0v) is 19.1. The van der Waals surface area contributed by atoms with Gasteiger partial charge in [0.15, 0.2) is 0 Å². The molecule has 0 aliphatic rings. The lowest BCUT2D eigenvalue weighted by Crippen LogP contribution is -2.12. The van der Waals surface area contributed by atoms with Crippen LogP contribution in [0.2, 0.25) is 0 Å². The van der Waals surface area contributed by atoms with Crippen LogP contribution in [0.3, 0.4) is 0 Å². The lowest BCUT2D eigenvalue weighted by molar-refractivity contribution is 0.0600. The van der Waals surface area contributed by atoms with Crippen LogP contribution in [0.15, 0.2) is 48.5 Å². The van der Waals surface area contributed by atoms with Crippen molar-refractivity contribution in [3.63, 3.8) is 0 Å². The fourth-order valence-corrected chi connectivity index (χ4v) is 3.82. The van der Waals surface area contributed by atoms with E-state index in [1.165, 1.54) is 24.0 Å². The maximum atomic E-state index is 12.7. The summed E-state index contributed by atoms with van der Waals surface area (Å²) in [6.45, 7) is 8.57. The maximum Gasteiger partial charge on any atom is 0.337 e. The number of nitrogens with zero attached hydrogens (tertiary/aromatic N) is 1. The van der Waals surface area contributed by atoms with E-state index in [-0.39, 0.29) is 17.9 Å². The van der Waals surface area contributed by atoms with Crippen molar-refractivity contribution in [1.29, 1.82) is 0 Å². The summed E-state index contributed by atoms with van der Waals surface area (Å²) in [6.07, 6.45) is 0. The molecule has 1 heterocycles. The van der Waals surface area contributed by atoms with Gasteiger partial charge in [0.25, 0.3) is 5.91 Å². The van der Waals surface area contributed by atoms with Crippen LogP contribution in [0, 0.1) is 6.92 Å². The molecule has 3 rings (SSSR count). The highest BCUT2D eigenvalue weighted by atomic mass is 32.1. The lowest BCUT2D eigenvalue weighted by atomic mass is 9.87. The Balaban J connectivity index is 1.65. The highest BCUT2D eigenvalue weighted by Gasteiger charge is 2.17. The molecule has 0 atom stereocenters. The zero-order valence-electron chi connectivity index (χ0n) is 18.3. The summed E-state index contributed by atoms with van der Waals surface area (Å²) in [5.74, 6) is 0.0179. The van der Waals surface area contributed by atoms with Crippen LogP contribution in [0.1, 0.15) is 57.1 Å². The molecule has 0 saturated carbocycles. The van der Waals surface area contributed by atoms with Gasteiger partial charge in [-0.25, -0.2) is 9.78 Å². The standard InChI is InChI=1S/C24H26N2O4S/c1-15-21(22(27)26-18-8-6-7-16(13-18)23(28)29-5)31-20(25-15)14-30-19-11-9-17(10-12-19)24(2,3)4/h6-13H,14H2,1-5H3,(H,26,27). The van der Waals surface area contributed by atoms with Crippen LogP contribution in [0.25, 0.3) is 0 Å². The van der Waals surface area contributed by atoms with Crippen molar-refractivity contribution in [2.75, 3.05) is 12.4 Å². The van der Waals surface area contributed by atoms with Gasteiger partial charge in [-0.15, -0.1) is 11.3 Å². The van der Waals surface area contributed by atoms with Crippen LogP contribution < -0.4 is 10.1 Å². The first-order chi connectivity index (χ1) is 14.7. The molecule has 6 nitrogen and oxygen atoms in total. The van der Waals surface area contributed by atoms with Crippen molar-refractivity contribution in [2.45, 2.75) is 39.7 Å². The number of hydrogen-bond donors (Lipinski definition) is 1. The van der Waals surface area contributed by atoms with Crippen LogP contribution in [0.4, 0.5) is 5.69 Å².